The Morgan fingerprint density at radius 2 is 2.05 bits per heavy atom. The Kier molecular flexibility index (Phi) is 3.71. The number of nitrogens with two attached hydrogens (primary N) is 1. The van der Waals surface area contributed by atoms with Crippen molar-refractivity contribution in [1.29, 1.82) is 0 Å². The van der Waals surface area contributed by atoms with Gasteiger partial charge in [0.05, 0.1) is 0 Å². The van der Waals surface area contributed by atoms with Crippen molar-refractivity contribution in [3.63, 3.8) is 0 Å². The van der Waals surface area contributed by atoms with Crippen LogP contribution in [0.15, 0.2) is 40.9 Å². The quantitative estimate of drug-likeness (QED) is 0.799. The van der Waals surface area contributed by atoms with E-state index >= 15 is 0 Å². The average Bonchev–Trinajstić information content (AvgIpc) is 2.38. The smallest absolute Gasteiger partial charge is 0.126 e. The van der Waals surface area contributed by atoms with E-state index in [0.29, 0.717) is 17.0 Å². The van der Waals surface area contributed by atoms with Crippen molar-refractivity contribution in [2.75, 3.05) is 0 Å². The molecule has 0 radical (unpaired) electrons. The summed E-state index contributed by atoms with van der Waals surface area (Å²) in [6, 6.07) is 9.99. The number of benzene rings is 2. The first-order valence-electron chi connectivity index (χ1n) is 6.20. The van der Waals surface area contributed by atoms with Crippen molar-refractivity contribution in [3.8, 4) is 5.75 Å². The summed E-state index contributed by atoms with van der Waals surface area (Å²) in [4.78, 5) is 0. The maximum atomic E-state index is 13.5. The molecule has 1 aliphatic rings. The van der Waals surface area contributed by atoms with Gasteiger partial charge in [-0.15, -0.1) is 0 Å². The Morgan fingerprint density at radius 1 is 1.25 bits per heavy atom. The average molecular weight is 357 g/mol. The Morgan fingerprint density at radius 3 is 2.80 bits per heavy atom. The van der Waals surface area contributed by atoms with Crippen LogP contribution in [0.5, 0.6) is 5.75 Å². The highest BCUT2D eigenvalue weighted by molar-refractivity contribution is 9.10. The van der Waals surface area contributed by atoms with E-state index in [9.17, 15) is 4.39 Å². The van der Waals surface area contributed by atoms with Gasteiger partial charge in [0, 0.05) is 27.5 Å². The molecule has 2 aromatic rings. The molecule has 5 heteroatoms. The number of fused-ring (bicyclic) bond motifs is 1. The fourth-order valence-corrected chi connectivity index (χ4v) is 3.05. The number of rotatable bonds is 1. The first-order chi connectivity index (χ1) is 9.52. The predicted octanol–water partition coefficient (Wildman–Crippen LogP) is 4.77. The van der Waals surface area contributed by atoms with E-state index in [1.54, 1.807) is 6.07 Å². The summed E-state index contributed by atoms with van der Waals surface area (Å²) in [6.07, 6.45) is 0.301. The van der Waals surface area contributed by atoms with Crippen molar-refractivity contribution in [2.45, 2.75) is 18.6 Å². The van der Waals surface area contributed by atoms with Gasteiger partial charge in [0.2, 0.25) is 0 Å². The van der Waals surface area contributed by atoms with Crippen LogP contribution in [0.1, 0.15) is 29.7 Å². The molecule has 0 bridgehead atoms. The van der Waals surface area contributed by atoms with Gasteiger partial charge in [-0.3, -0.25) is 0 Å². The summed E-state index contributed by atoms with van der Waals surface area (Å²) < 4.78 is 20.3. The van der Waals surface area contributed by atoms with Crippen molar-refractivity contribution in [2.24, 2.45) is 5.73 Å². The van der Waals surface area contributed by atoms with Crippen LogP contribution in [0.3, 0.4) is 0 Å². The molecule has 2 N–H and O–H groups in total. The van der Waals surface area contributed by atoms with Gasteiger partial charge < -0.3 is 10.5 Å². The molecule has 1 heterocycles. The maximum absolute atomic E-state index is 13.5. The molecular weight excluding hydrogens is 345 g/mol. The molecular formula is C15H12BrClFNO. The molecule has 2 aromatic carbocycles. The number of halogens is 3. The third-order valence-corrected chi connectivity index (χ3v) is 4.08. The molecule has 104 valence electrons. The third-order valence-electron chi connectivity index (χ3n) is 3.37. The lowest BCUT2D eigenvalue weighted by Gasteiger charge is -2.30. The Bertz CT molecular complexity index is 644. The molecule has 0 amide bonds. The molecule has 2 atom stereocenters. The van der Waals surface area contributed by atoms with Gasteiger partial charge in [-0.1, -0.05) is 27.5 Å². The summed E-state index contributed by atoms with van der Waals surface area (Å²) in [7, 11) is 0. The number of ether oxygens (including phenoxy) is 1. The van der Waals surface area contributed by atoms with Crippen LogP contribution >= 0.6 is 27.5 Å². The van der Waals surface area contributed by atoms with Crippen molar-refractivity contribution < 1.29 is 9.13 Å². The highest BCUT2D eigenvalue weighted by Crippen LogP contribution is 2.41. The fourth-order valence-electron chi connectivity index (χ4n) is 2.44. The van der Waals surface area contributed by atoms with Crippen LogP contribution in [-0.4, -0.2) is 0 Å². The van der Waals surface area contributed by atoms with Crippen LogP contribution < -0.4 is 10.5 Å². The summed E-state index contributed by atoms with van der Waals surface area (Å²) in [5.74, 6) is 0.364. The molecule has 2 nitrogen and oxygen atoms in total. The minimum atomic E-state index is -0.369. The van der Waals surface area contributed by atoms with E-state index in [-0.39, 0.29) is 18.0 Å². The number of hydrogen-bond donors (Lipinski definition) is 1. The van der Waals surface area contributed by atoms with Crippen molar-refractivity contribution in [3.05, 3.63) is 62.8 Å². The summed E-state index contributed by atoms with van der Waals surface area (Å²) in [5.41, 5.74) is 7.86. The Labute approximate surface area is 129 Å². The monoisotopic (exact) mass is 355 g/mol. The lowest BCUT2D eigenvalue weighted by Crippen LogP contribution is -2.24. The van der Waals surface area contributed by atoms with Crippen LogP contribution in [0.2, 0.25) is 5.02 Å². The molecule has 0 aliphatic carbocycles. The second-order valence-corrected chi connectivity index (χ2v) is 6.19. The van der Waals surface area contributed by atoms with Crippen molar-refractivity contribution >= 4 is 27.5 Å². The molecule has 1 unspecified atom stereocenters. The van der Waals surface area contributed by atoms with Crippen molar-refractivity contribution in [1.82, 2.24) is 0 Å². The Hall–Kier alpha value is -1.10. The van der Waals surface area contributed by atoms with Gasteiger partial charge in [0.15, 0.2) is 0 Å². The lowest BCUT2D eigenvalue weighted by molar-refractivity contribution is 0.161. The summed E-state index contributed by atoms with van der Waals surface area (Å²) >= 11 is 9.31. The van der Waals surface area contributed by atoms with Gasteiger partial charge in [-0.2, -0.15) is 0 Å². The topological polar surface area (TPSA) is 35.2 Å². The molecule has 3 rings (SSSR count). The van der Waals surface area contributed by atoms with E-state index in [0.717, 1.165) is 15.8 Å². The van der Waals surface area contributed by atoms with E-state index in [1.165, 1.54) is 12.1 Å². The second-order valence-electron chi connectivity index (χ2n) is 4.83. The summed E-state index contributed by atoms with van der Waals surface area (Å²) in [6.45, 7) is 0. The zero-order valence-corrected chi connectivity index (χ0v) is 12.8. The number of hydrogen-bond acceptors (Lipinski definition) is 2. The molecule has 0 fully saturated rings. The zero-order chi connectivity index (χ0) is 14.3. The Balaban J connectivity index is 1.96. The van der Waals surface area contributed by atoms with Crippen LogP contribution in [-0.2, 0) is 0 Å². The van der Waals surface area contributed by atoms with Gasteiger partial charge >= 0.3 is 0 Å². The highest BCUT2D eigenvalue weighted by Gasteiger charge is 2.27. The van der Waals surface area contributed by atoms with Gasteiger partial charge in [-0.25, -0.2) is 4.39 Å². The predicted molar refractivity (Wildman–Crippen MR) is 80.5 cm³/mol. The first kappa shape index (κ1) is 13.9. The van der Waals surface area contributed by atoms with Crippen LogP contribution in [0.4, 0.5) is 4.39 Å². The second kappa shape index (κ2) is 5.35. The molecule has 0 saturated heterocycles. The maximum Gasteiger partial charge on any atom is 0.126 e. The lowest BCUT2D eigenvalue weighted by atomic mass is 9.93. The first-order valence-corrected chi connectivity index (χ1v) is 7.38. The molecule has 20 heavy (non-hydrogen) atoms. The van der Waals surface area contributed by atoms with Gasteiger partial charge in [0.25, 0.3) is 0 Å². The SMILES string of the molecule is N[C@@H]1CC(c2cc(F)cc(Cl)c2)Oc2ccc(Br)cc21. The van der Waals surface area contributed by atoms with Crippen LogP contribution in [0, 0.1) is 5.82 Å². The normalized spacial score (nSPS) is 21.2. The fraction of sp³-hybridized carbons (Fsp3) is 0.200. The summed E-state index contributed by atoms with van der Waals surface area (Å²) in [5, 5.41) is 0.360. The van der Waals surface area contributed by atoms with E-state index in [1.807, 2.05) is 18.2 Å². The third kappa shape index (κ3) is 2.68. The molecule has 1 aliphatic heterocycles. The zero-order valence-electron chi connectivity index (χ0n) is 10.4. The molecule has 0 spiro atoms. The molecule has 0 saturated carbocycles. The van der Waals surface area contributed by atoms with E-state index in [4.69, 9.17) is 22.1 Å². The van der Waals surface area contributed by atoms with E-state index in [2.05, 4.69) is 15.9 Å². The molecule has 0 aromatic heterocycles. The van der Waals surface area contributed by atoms with E-state index < -0.39 is 0 Å². The minimum absolute atomic E-state index is 0.150. The van der Waals surface area contributed by atoms with Crippen LogP contribution in [0.25, 0.3) is 0 Å². The van der Waals surface area contributed by atoms with Gasteiger partial charge in [0.1, 0.15) is 17.7 Å². The largest absolute Gasteiger partial charge is 0.485 e. The van der Waals surface area contributed by atoms with Gasteiger partial charge in [-0.05, 0) is 42.0 Å². The standard InChI is InChI=1S/C15H12BrClFNO/c16-9-1-2-14-12(5-9)13(19)7-15(20-14)8-3-10(17)6-11(18)4-8/h1-6,13,15H,7,19H2/t13-,15?/m1/s1. The minimum Gasteiger partial charge on any atom is -0.485 e. The highest BCUT2D eigenvalue weighted by atomic mass is 79.9.